The summed E-state index contributed by atoms with van der Waals surface area (Å²) in [5, 5.41) is 3.23. The number of aryl methyl sites for hydroxylation is 2. The van der Waals surface area contributed by atoms with Crippen molar-refractivity contribution < 1.29 is 4.79 Å². The maximum absolute atomic E-state index is 12.3. The first-order chi connectivity index (χ1) is 11.1. The van der Waals surface area contributed by atoms with Crippen LogP contribution in [0.1, 0.15) is 23.6 Å². The molecule has 0 bridgehead atoms. The third-order valence-corrected chi connectivity index (χ3v) is 4.60. The van der Waals surface area contributed by atoms with E-state index in [0.717, 1.165) is 25.2 Å². The van der Waals surface area contributed by atoms with E-state index in [9.17, 15) is 4.79 Å². The molecular weight excluding hydrogens is 288 g/mol. The summed E-state index contributed by atoms with van der Waals surface area (Å²) >= 11 is 0. The van der Waals surface area contributed by atoms with Crippen LogP contribution < -0.4 is 5.32 Å². The molecule has 2 heterocycles. The average molecular weight is 312 g/mol. The number of carbonyl (C=O) groups is 1. The minimum atomic E-state index is 0.118. The van der Waals surface area contributed by atoms with Gasteiger partial charge in [-0.15, -0.1) is 0 Å². The number of rotatable bonds is 5. The van der Waals surface area contributed by atoms with Crippen LogP contribution in [0, 0.1) is 0 Å². The molecule has 0 aliphatic carbocycles. The Labute approximate surface area is 137 Å². The summed E-state index contributed by atoms with van der Waals surface area (Å²) in [5.74, 6) is 0.481. The molecule has 5 nitrogen and oxygen atoms in total. The summed E-state index contributed by atoms with van der Waals surface area (Å²) in [4.78, 5) is 18.7. The van der Waals surface area contributed by atoms with E-state index in [0.29, 0.717) is 12.3 Å². The zero-order valence-electron chi connectivity index (χ0n) is 13.8. The minimum Gasteiger partial charge on any atom is -0.351 e. The molecule has 1 aliphatic heterocycles. The lowest BCUT2D eigenvalue weighted by atomic mass is 9.94. The molecule has 0 saturated carbocycles. The second kappa shape index (κ2) is 6.96. The van der Waals surface area contributed by atoms with Crippen LogP contribution >= 0.6 is 0 Å². The fourth-order valence-corrected chi connectivity index (χ4v) is 3.33. The number of hydrogen-bond donors (Lipinski definition) is 1. The molecule has 1 aromatic carbocycles. The van der Waals surface area contributed by atoms with Gasteiger partial charge < -0.3 is 14.8 Å². The number of nitrogens with one attached hydrogen (secondary N) is 1. The number of carbonyl (C=O) groups excluding carboxylic acids is 1. The molecule has 23 heavy (non-hydrogen) atoms. The van der Waals surface area contributed by atoms with Crippen LogP contribution in [0.2, 0.25) is 0 Å². The number of likely N-dealkylation sites (N-methyl/N-ethyl adjacent to an activating group) is 1. The molecule has 2 aromatic rings. The lowest BCUT2D eigenvalue weighted by Gasteiger charge is -2.20. The van der Waals surface area contributed by atoms with Gasteiger partial charge in [-0.2, -0.15) is 0 Å². The van der Waals surface area contributed by atoms with Gasteiger partial charge in [0.2, 0.25) is 5.91 Å². The van der Waals surface area contributed by atoms with Crippen molar-refractivity contribution in [2.45, 2.75) is 24.8 Å². The van der Waals surface area contributed by atoms with E-state index in [-0.39, 0.29) is 11.9 Å². The van der Waals surface area contributed by atoms with Crippen molar-refractivity contribution in [1.29, 1.82) is 0 Å². The molecular formula is C18H24N4O. The second-order valence-electron chi connectivity index (χ2n) is 6.41. The first kappa shape index (κ1) is 15.7. The Morgan fingerprint density at radius 1 is 1.26 bits per heavy atom. The molecule has 122 valence electrons. The summed E-state index contributed by atoms with van der Waals surface area (Å²) in [5.41, 5.74) is 2.39. The summed E-state index contributed by atoms with van der Waals surface area (Å²) < 4.78 is 1.96. The molecule has 0 radical (unpaired) electrons. The SMILES string of the molecule is CN1CC(NC(=O)CCc2cncn2C)C(c2ccccc2)C1. The number of nitrogens with zero attached hydrogens (tertiary/aromatic N) is 3. The third kappa shape index (κ3) is 3.79. The maximum Gasteiger partial charge on any atom is 0.220 e. The summed E-state index contributed by atoms with van der Waals surface area (Å²) in [6.07, 6.45) is 4.82. The Hall–Kier alpha value is -2.14. The van der Waals surface area contributed by atoms with Gasteiger partial charge in [0.25, 0.3) is 0 Å². The van der Waals surface area contributed by atoms with Crippen LogP contribution in [0.4, 0.5) is 0 Å². The number of amides is 1. The molecule has 1 fully saturated rings. The van der Waals surface area contributed by atoms with Crippen molar-refractivity contribution in [2.24, 2.45) is 7.05 Å². The summed E-state index contributed by atoms with van der Waals surface area (Å²) in [6, 6.07) is 10.6. The number of aromatic nitrogens is 2. The predicted molar refractivity (Wildman–Crippen MR) is 90.1 cm³/mol. The van der Waals surface area contributed by atoms with E-state index in [1.807, 2.05) is 23.9 Å². The van der Waals surface area contributed by atoms with E-state index in [4.69, 9.17) is 0 Å². The first-order valence-corrected chi connectivity index (χ1v) is 8.11. The number of imidazole rings is 1. The Morgan fingerprint density at radius 2 is 2.04 bits per heavy atom. The topological polar surface area (TPSA) is 50.2 Å². The van der Waals surface area contributed by atoms with Gasteiger partial charge in [-0.25, -0.2) is 4.98 Å². The molecule has 0 spiro atoms. The molecule has 1 amide bonds. The van der Waals surface area contributed by atoms with Crippen molar-refractivity contribution in [3.63, 3.8) is 0 Å². The van der Waals surface area contributed by atoms with Crippen LogP contribution in [0.25, 0.3) is 0 Å². The quantitative estimate of drug-likeness (QED) is 0.912. The fraction of sp³-hybridized carbons (Fsp3) is 0.444. The Kier molecular flexibility index (Phi) is 4.76. The molecule has 2 unspecified atom stereocenters. The normalized spacial score (nSPS) is 21.5. The predicted octanol–water partition coefficient (Wildman–Crippen LogP) is 1.57. The zero-order valence-corrected chi connectivity index (χ0v) is 13.8. The molecule has 2 atom stereocenters. The lowest BCUT2D eigenvalue weighted by Crippen LogP contribution is -2.39. The molecule has 1 aliphatic rings. The summed E-state index contributed by atoms with van der Waals surface area (Å²) in [7, 11) is 4.06. The highest BCUT2D eigenvalue weighted by atomic mass is 16.1. The zero-order chi connectivity index (χ0) is 16.2. The van der Waals surface area contributed by atoms with Crippen molar-refractivity contribution in [2.75, 3.05) is 20.1 Å². The van der Waals surface area contributed by atoms with Crippen LogP contribution in [-0.2, 0) is 18.3 Å². The highest BCUT2D eigenvalue weighted by Crippen LogP contribution is 2.26. The van der Waals surface area contributed by atoms with Crippen LogP contribution in [0.15, 0.2) is 42.9 Å². The molecule has 1 saturated heterocycles. The van der Waals surface area contributed by atoms with Crippen LogP contribution in [-0.4, -0.2) is 46.5 Å². The maximum atomic E-state index is 12.3. The van der Waals surface area contributed by atoms with Gasteiger partial charge in [0.05, 0.1) is 6.33 Å². The Morgan fingerprint density at radius 3 is 2.74 bits per heavy atom. The van der Waals surface area contributed by atoms with Crippen LogP contribution in [0.3, 0.4) is 0 Å². The highest BCUT2D eigenvalue weighted by Gasteiger charge is 2.32. The van der Waals surface area contributed by atoms with E-state index in [1.54, 1.807) is 6.33 Å². The van der Waals surface area contributed by atoms with Crippen molar-refractivity contribution in [3.05, 3.63) is 54.1 Å². The van der Waals surface area contributed by atoms with Gasteiger partial charge >= 0.3 is 0 Å². The number of hydrogen-bond acceptors (Lipinski definition) is 3. The van der Waals surface area contributed by atoms with Gasteiger partial charge in [0.15, 0.2) is 0 Å². The van der Waals surface area contributed by atoms with Gasteiger partial charge in [-0.3, -0.25) is 4.79 Å². The second-order valence-corrected chi connectivity index (χ2v) is 6.41. The largest absolute Gasteiger partial charge is 0.351 e. The van der Waals surface area contributed by atoms with Crippen molar-refractivity contribution in [3.8, 4) is 0 Å². The minimum absolute atomic E-state index is 0.118. The van der Waals surface area contributed by atoms with Gasteiger partial charge in [-0.05, 0) is 19.0 Å². The smallest absolute Gasteiger partial charge is 0.220 e. The molecule has 1 N–H and O–H groups in total. The van der Waals surface area contributed by atoms with Crippen LogP contribution in [0.5, 0.6) is 0 Å². The van der Waals surface area contributed by atoms with Gasteiger partial charge in [-0.1, -0.05) is 30.3 Å². The monoisotopic (exact) mass is 312 g/mol. The third-order valence-electron chi connectivity index (χ3n) is 4.60. The van der Waals surface area contributed by atoms with E-state index in [2.05, 4.69) is 46.5 Å². The van der Waals surface area contributed by atoms with Crippen molar-refractivity contribution in [1.82, 2.24) is 19.8 Å². The molecule has 5 heteroatoms. The van der Waals surface area contributed by atoms with E-state index >= 15 is 0 Å². The van der Waals surface area contributed by atoms with E-state index < -0.39 is 0 Å². The lowest BCUT2D eigenvalue weighted by molar-refractivity contribution is -0.121. The van der Waals surface area contributed by atoms with E-state index in [1.165, 1.54) is 5.56 Å². The molecule has 3 rings (SSSR count). The first-order valence-electron chi connectivity index (χ1n) is 8.11. The van der Waals surface area contributed by atoms with Crippen molar-refractivity contribution >= 4 is 5.91 Å². The standard InChI is InChI=1S/C18H24N4O/c1-21-11-16(14-6-4-3-5-7-14)17(12-21)20-18(23)9-8-15-10-19-13-22(15)2/h3-7,10,13,16-17H,8-9,11-12H2,1-2H3,(H,20,23). The Bertz CT molecular complexity index is 652. The highest BCUT2D eigenvalue weighted by molar-refractivity contribution is 5.76. The van der Waals surface area contributed by atoms with Gasteiger partial charge in [0, 0.05) is 50.4 Å². The van der Waals surface area contributed by atoms with Gasteiger partial charge in [0.1, 0.15) is 0 Å². The number of benzene rings is 1. The fourth-order valence-electron chi connectivity index (χ4n) is 3.33. The average Bonchev–Trinajstić information content (AvgIpc) is 3.12. The Balaban J connectivity index is 1.59. The number of likely N-dealkylation sites (tertiary alicyclic amines) is 1. The summed E-state index contributed by atoms with van der Waals surface area (Å²) in [6.45, 7) is 1.88. The molecule has 1 aromatic heterocycles.